The Morgan fingerprint density at radius 2 is 1.83 bits per heavy atom. The Morgan fingerprint density at radius 3 is 2.53 bits per heavy atom. The molecule has 5 rings (SSSR count). The number of hydrogen-bond acceptors (Lipinski definition) is 6. The van der Waals surface area contributed by atoms with Gasteiger partial charge in [-0.05, 0) is 42.1 Å². The summed E-state index contributed by atoms with van der Waals surface area (Å²) in [5, 5.41) is 0. The highest BCUT2D eigenvalue weighted by Gasteiger charge is 2.53. The number of fused-ring (bicyclic) bond motifs is 1. The molecule has 0 aliphatic carbocycles. The monoisotopic (exact) mass is 491 g/mol. The predicted octanol–water partition coefficient (Wildman–Crippen LogP) is 1.57. The van der Waals surface area contributed by atoms with Crippen molar-refractivity contribution in [1.29, 1.82) is 0 Å². The van der Waals surface area contributed by atoms with E-state index >= 15 is 0 Å². The van der Waals surface area contributed by atoms with Crippen LogP contribution in [0.25, 0.3) is 0 Å². The summed E-state index contributed by atoms with van der Waals surface area (Å²) in [6.45, 7) is 7.64. The molecule has 0 saturated carbocycles. The summed E-state index contributed by atoms with van der Waals surface area (Å²) >= 11 is 0. The van der Waals surface area contributed by atoms with Crippen molar-refractivity contribution >= 4 is 29.5 Å². The number of carbonyl (C=O) groups is 3. The van der Waals surface area contributed by atoms with Gasteiger partial charge in [0.1, 0.15) is 13.1 Å². The second kappa shape index (κ2) is 9.34. The van der Waals surface area contributed by atoms with Crippen LogP contribution in [0.2, 0.25) is 0 Å². The molecule has 3 aliphatic heterocycles. The Kier molecular flexibility index (Phi) is 6.21. The Balaban J connectivity index is 1.40. The first-order chi connectivity index (χ1) is 17.2. The molecule has 10 nitrogen and oxygen atoms in total. The molecule has 188 valence electrons. The lowest BCUT2D eigenvalue weighted by atomic mass is 10.0. The van der Waals surface area contributed by atoms with Gasteiger partial charge in [-0.3, -0.25) is 24.3 Å². The fraction of sp³-hybridized carbons (Fsp3) is 0.423. The summed E-state index contributed by atoms with van der Waals surface area (Å²) in [5.74, 6) is 1.19. The molecule has 4 amide bonds. The first-order valence-corrected chi connectivity index (χ1v) is 12.1. The van der Waals surface area contributed by atoms with Gasteiger partial charge in [-0.25, -0.2) is 9.37 Å². The van der Waals surface area contributed by atoms with Gasteiger partial charge >= 0.3 is 11.9 Å². The highest BCUT2D eigenvalue weighted by molar-refractivity contribution is 6.23. The summed E-state index contributed by atoms with van der Waals surface area (Å²) in [6, 6.07) is 8.66. The Morgan fingerprint density at radius 1 is 1.08 bits per heavy atom. The highest BCUT2D eigenvalue weighted by Crippen LogP contribution is 2.23. The van der Waals surface area contributed by atoms with Crippen LogP contribution in [0.4, 0.5) is 4.79 Å². The molecule has 4 heterocycles. The summed E-state index contributed by atoms with van der Waals surface area (Å²) < 4.78 is 7.29. The minimum absolute atomic E-state index is 0.107. The van der Waals surface area contributed by atoms with Crippen molar-refractivity contribution in [2.45, 2.75) is 26.4 Å². The molecule has 1 atom stereocenters. The maximum atomic E-state index is 13.3. The van der Waals surface area contributed by atoms with Crippen molar-refractivity contribution in [2.75, 3.05) is 46.8 Å². The number of aliphatic imine (C=N–C) groups is 1. The molecule has 1 aromatic carbocycles. The first-order valence-electron chi connectivity index (χ1n) is 12.1. The molecule has 3 aliphatic rings. The lowest BCUT2D eigenvalue weighted by Gasteiger charge is -2.33. The van der Waals surface area contributed by atoms with E-state index in [1.165, 1.54) is 23.1 Å². The smallest absolute Gasteiger partial charge is 0.333 e. The Bertz CT molecular complexity index is 1270. The highest BCUT2D eigenvalue weighted by atomic mass is 16.3. The second-order valence-electron chi connectivity index (χ2n) is 9.63. The van der Waals surface area contributed by atoms with Gasteiger partial charge in [0, 0.05) is 40.3 Å². The fourth-order valence-corrected chi connectivity index (χ4v) is 4.98. The van der Waals surface area contributed by atoms with Gasteiger partial charge in [0.15, 0.2) is 5.76 Å². The van der Waals surface area contributed by atoms with E-state index < -0.39 is 6.04 Å². The van der Waals surface area contributed by atoms with Crippen molar-refractivity contribution in [2.24, 2.45) is 4.99 Å². The Labute approximate surface area is 210 Å². The van der Waals surface area contributed by atoms with Crippen LogP contribution in [0.1, 0.15) is 27.2 Å². The molecule has 1 aromatic heterocycles. The number of aryl methyl sites for hydroxylation is 2. The van der Waals surface area contributed by atoms with Crippen LogP contribution in [0.15, 0.2) is 46.0 Å². The van der Waals surface area contributed by atoms with Crippen LogP contribution in [-0.2, 0) is 11.3 Å². The van der Waals surface area contributed by atoms with Crippen LogP contribution in [0.3, 0.4) is 0 Å². The standard InChI is InChI=1S/C26H31N6O4/c1-17-7-8-18(2)19(14-17)15-32-21(27-23-22(32)25(34)29(4)26(35)28(23)3)16-30-9-11-31(12-10-30)24(33)20-6-5-13-36-20/h5-8,13-14,22H,9-12,15-16H2,1-4H3/q+1. The second-order valence-corrected chi connectivity index (χ2v) is 9.63. The zero-order valence-corrected chi connectivity index (χ0v) is 21.1. The van der Waals surface area contributed by atoms with Crippen LogP contribution < -0.4 is 0 Å². The van der Waals surface area contributed by atoms with E-state index in [4.69, 9.17) is 9.41 Å². The van der Waals surface area contributed by atoms with Crippen LogP contribution in [0.5, 0.6) is 0 Å². The van der Waals surface area contributed by atoms with Gasteiger partial charge in [-0.15, -0.1) is 0 Å². The summed E-state index contributed by atoms with van der Waals surface area (Å²) in [4.78, 5) is 50.0. The van der Waals surface area contributed by atoms with Crippen LogP contribution in [-0.4, -0.2) is 107 Å². The van der Waals surface area contributed by atoms with Crippen molar-refractivity contribution in [3.05, 3.63) is 59.0 Å². The minimum atomic E-state index is -0.644. The van der Waals surface area contributed by atoms with Gasteiger partial charge in [0.2, 0.25) is 0 Å². The molecular weight excluding hydrogens is 460 g/mol. The number of piperazine rings is 1. The molecule has 2 saturated heterocycles. The van der Waals surface area contributed by atoms with Crippen molar-refractivity contribution in [3.8, 4) is 0 Å². The molecule has 10 heteroatoms. The number of hydrogen-bond donors (Lipinski definition) is 0. The lowest BCUT2D eigenvalue weighted by Crippen LogP contribution is -2.61. The van der Waals surface area contributed by atoms with E-state index in [0.29, 0.717) is 50.9 Å². The third-order valence-corrected chi connectivity index (χ3v) is 7.22. The average Bonchev–Trinajstić information content (AvgIpc) is 3.53. The largest absolute Gasteiger partial charge is 0.459 e. The maximum Gasteiger partial charge on any atom is 0.333 e. The number of furan rings is 1. The average molecular weight is 492 g/mol. The SMILES string of the molecule is Cc1ccc(C)c(C[N+]2=C(CN3CCN(C(=O)c4ccco4)CC3)N=C3C2C(=O)N(C)C(=O)N3C)c1. The van der Waals surface area contributed by atoms with E-state index in [9.17, 15) is 14.4 Å². The van der Waals surface area contributed by atoms with Crippen molar-refractivity contribution in [3.63, 3.8) is 0 Å². The lowest BCUT2D eigenvalue weighted by molar-refractivity contribution is -0.552. The van der Waals surface area contributed by atoms with E-state index in [1.54, 1.807) is 24.1 Å². The van der Waals surface area contributed by atoms with Gasteiger partial charge < -0.3 is 9.32 Å². The molecule has 0 N–H and O–H groups in total. The summed E-state index contributed by atoms with van der Waals surface area (Å²) in [5.41, 5.74) is 3.40. The van der Waals surface area contributed by atoms with Crippen molar-refractivity contribution < 1.29 is 23.4 Å². The Hall–Kier alpha value is -3.79. The van der Waals surface area contributed by atoms with E-state index in [2.05, 4.69) is 36.9 Å². The number of carbonyl (C=O) groups excluding carboxylic acids is 3. The fourth-order valence-electron chi connectivity index (χ4n) is 4.98. The maximum absolute atomic E-state index is 13.3. The summed E-state index contributed by atoms with van der Waals surface area (Å²) in [7, 11) is 3.18. The third-order valence-electron chi connectivity index (χ3n) is 7.22. The normalized spacial score (nSPS) is 20.8. The zero-order chi connectivity index (χ0) is 25.6. The topological polar surface area (TPSA) is 92.7 Å². The quantitative estimate of drug-likeness (QED) is 0.592. The molecule has 1 unspecified atom stereocenters. The van der Waals surface area contributed by atoms with Crippen molar-refractivity contribution in [1.82, 2.24) is 19.6 Å². The number of imide groups is 1. The first kappa shape index (κ1) is 23.9. The number of amidine groups is 2. The number of rotatable bonds is 5. The number of likely N-dealkylation sites (N-methyl/N-ethyl adjacent to an activating group) is 2. The number of urea groups is 1. The van der Waals surface area contributed by atoms with Crippen LogP contribution in [0, 0.1) is 13.8 Å². The van der Waals surface area contributed by atoms with Crippen LogP contribution >= 0.6 is 0 Å². The van der Waals surface area contributed by atoms with E-state index in [0.717, 1.165) is 22.5 Å². The molecule has 0 spiro atoms. The van der Waals surface area contributed by atoms with Gasteiger partial charge in [-0.2, -0.15) is 0 Å². The van der Waals surface area contributed by atoms with E-state index in [-0.39, 0.29) is 17.8 Å². The zero-order valence-electron chi connectivity index (χ0n) is 21.1. The van der Waals surface area contributed by atoms with E-state index in [1.807, 2.05) is 4.58 Å². The summed E-state index contributed by atoms with van der Waals surface area (Å²) in [6.07, 6.45) is 1.50. The minimum Gasteiger partial charge on any atom is -0.459 e. The molecule has 36 heavy (non-hydrogen) atoms. The number of nitrogens with zero attached hydrogens (tertiary/aromatic N) is 6. The molecule has 2 fully saturated rings. The molecular formula is C26H31N6O4+. The molecule has 2 aromatic rings. The third kappa shape index (κ3) is 4.21. The number of amides is 4. The molecule has 0 bridgehead atoms. The number of benzene rings is 1. The molecule has 0 radical (unpaired) electrons. The van der Waals surface area contributed by atoms with Gasteiger partial charge in [0.05, 0.1) is 6.26 Å². The van der Waals surface area contributed by atoms with Gasteiger partial charge in [-0.1, -0.05) is 23.8 Å². The predicted molar refractivity (Wildman–Crippen MR) is 133 cm³/mol. The van der Waals surface area contributed by atoms with Gasteiger partial charge in [0.25, 0.3) is 23.7 Å².